The van der Waals surface area contributed by atoms with E-state index < -0.39 is 79.9 Å². The molecule has 0 amide bonds. The van der Waals surface area contributed by atoms with Gasteiger partial charge in [0.05, 0.1) is 16.0 Å². The lowest BCUT2D eigenvalue weighted by Gasteiger charge is -2.28. The first-order valence-electron chi connectivity index (χ1n) is 13.4. The average molecular weight is 574 g/mol. The van der Waals surface area contributed by atoms with E-state index in [1.807, 2.05) is 13.8 Å². The number of aromatic nitrogens is 2. The van der Waals surface area contributed by atoms with Crippen LogP contribution in [-0.4, -0.2) is 57.8 Å². The minimum Gasteiger partial charge on any atom is -0.464 e. The molecule has 0 bridgehead atoms. The first-order valence-corrected chi connectivity index (χ1v) is 13.9. The maximum absolute atomic E-state index is 15.7. The topological polar surface area (TPSA) is 158 Å². The Bertz CT molecular complexity index is 1390. The predicted molar refractivity (Wildman–Crippen MR) is 139 cm³/mol. The molecular formula is C25H35FN3O9P. The van der Waals surface area contributed by atoms with Crippen LogP contribution < -0.4 is 20.9 Å². The first-order chi connectivity index (χ1) is 19.1. The highest BCUT2D eigenvalue weighted by Gasteiger charge is 2.56. The minimum atomic E-state index is -4.45. The summed E-state index contributed by atoms with van der Waals surface area (Å²) in [7, 11) is -4.45. The summed E-state index contributed by atoms with van der Waals surface area (Å²) in [4.78, 5) is 38.7. The number of aliphatic hydroxyl groups excluding tert-OH is 1. The van der Waals surface area contributed by atoms with Crippen LogP contribution >= 0.6 is 7.75 Å². The number of H-pyrrole nitrogens is 1. The van der Waals surface area contributed by atoms with Gasteiger partial charge in [0, 0.05) is 12.2 Å². The maximum Gasteiger partial charge on any atom is 0.459 e. The number of hydrogen-bond donors (Lipinski definition) is 3. The molecule has 2 unspecified atom stereocenters. The Morgan fingerprint density at radius 2 is 1.97 bits per heavy atom. The van der Waals surface area contributed by atoms with Crippen molar-refractivity contribution in [2.24, 2.45) is 11.8 Å². The van der Waals surface area contributed by atoms with Gasteiger partial charge in [0.1, 0.15) is 24.0 Å². The van der Waals surface area contributed by atoms with Crippen LogP contribution in [0, 0.1) is 11.8 Å². The van der Waals surface area contributed by atoms with E-state index in [0.717, 1.165) is 6.92 Å². The van der Waals surface area contributed by atoms with Gasteiger partial charge in [-0.15, -0.1) is 0 Å². The van der Waals surface area contributed by atoms with Crippen molar-refractivity contribution in [3.63, 3.8) is 0 Å². The summed E-state index contributed by atoms with van der Waals surface area (Å²) in [6, 6.07) is 5.85. The number of carbonyl (C=O) groups excluding carboxylic acids is 1. The third-order valence-electron chi connectivity index (χ3n) is 5.83. The molecule has 0 aliphatic carbocycles. The molecule has 2 aromatic rings. The number of aromatic amines is 1. The van der Waals surface area contributed by atoms with Crippen LogP contribution in [0.4, 0.5) is 4.39 Å². The lowest BCUT2D eigenvalue weighted by atomic mass is 9.98. The molecule has 0 radical (unpaired) electrons. The van der Waals surface area contributed by atoms with E-state index >= 15 is 4.39 Å². The Hall–Kier alpha value is -2.83. The third kappa shape index (κ3) is 7.64. The van der Waals surface area contributed by atoms with Crippen molar-refractivity contribution in [1.29, 1.82) is 0 Å². The van der Waals surface area contributed by atoms with E-state index in [1.165, 1.54) is 12.1 Å². The molecule has 1 aliphatic rings. The molecule has 0 spiro atoms. The van der Waals surface area contributed by atoms with Gasteiger partial charge in [-0.25, -0.2) is 13.8 Å². The van der Waals surface area contributed by atoms with Crippen LogP contribution in [-0.2, 0) is 23.4 Å². The molecule has 3 N–H and O–H groups in total. The highest BCUT2D eigenvalue weighted by molar-refractivity contribution is 7.52. The summed E-state index contributed by atoms with van der Waals surface area (Å²) < 4.78 is 67.8. The fourth-order valence-electron chi connectivity index (χ4n) is 3.71. The van der Waals surface area contributed by atoms with Crippen LogP contribution in [0.15, 0.2) is 52.1 Å². The number of benzene rings is 1. The summed E-state index contributed by atoms with van der Waals surface area (Å²) >= 11 is 0. The molecule has 1 aromatic carbocycles. The van der Waals surface area contributed by atoms with Crippen molar-refractivity contribution < 1.29 is 40.1 Å². The van der Waals surface area contributed by atoms with Gasteiger partial charge in [-0.05, 0) is 30.9 Å². The Labute approximate surface area is 227 Å². The minimum absolute atomic E-state index is 0.0460. The van der Waals surface area contributed by atoms with Crippen molar-refractivity contribution in [3.05, 3.63) is 63.4 Å². The number of esters is 1. The second-order valence-electron chi connectivity index (χ2n) is 10.1. The standard InChI is InChI=1S/C25H35FN3O9P/c1-15(2)13-35-22(32)20(16(3)4)28-39(34,38-17-9-7-6-8-10-17)36-14-18-21(31)25(5,26)23(37-18)29-12-11-19(30)27-24(29)33/h6-12,15-16,18,20-21,23,31H,13-14H2,1-5H3,(H,28,34)(H,27,30,33)/t18-,20?,21-,23-,25-,39?/m1/s1/i11D,12D. The highest BCUT2D eigenvalue weighted by Crippen LogP contribution is 2.48. The van der Waals surface area contributed by atoms with E-state index in [2.05, 4.69) is 5.09 Å². The molecule has 1 saturated heterocycles. The summed E-state index contributed by atoms with van der Waals surface area (Å²) in [5.41, 5.74) is -5.08. The van der Waals surface area contributed by atoms with Crippen LogP contribution in [0.1, 0.15) is 43.6 Å². The van der Waals surface area contributed by atoms with Crippen LogP contribution in [0.3, 0.4) is 0 Å². The fourth-order valence-corrected chi connectivity index (χ4v) is 5.37. The maximum atomic E-state index is 15.7. The third-order valence-corrected chi connectivity index (χ3v) is 7.37. The monoisotopic (exact) mass is 573 g/mol. The number of nitrogens with zero attached hydrogens (tertiary/aromatic N) is 1. The Kier molecular flexibility index (Phi) is 8.93. The lowest BCUT2D eigenvalue weighted by molar-refractivity contribution is -0.148. The molecule has 6 atom stereocenters. The number of halogens is 1. The Balaban J connectivity index is 1.88. The molecule has 39 heavy (non-hydrogen) atoms. The smallest absolute Gasteiger partial charge is 0.459 e. The first kappa shape index (κ1) is 27.7. The zero-order valence-electron chi connectivity index (χ0n) is 24.3. The van der Waals surface area contributed by atoms with Gasteiger partial charge < -0.3 is 19.1 Å². The molecule has 14 heteroatoms. The number of para-hydroxylation sites is 1. The van der Waals surface area contributed by atoms with Gasteiger partial charge in [0.25, 0.3) is 5.56 Å². The predicted octanol–water partition coefficient (Wildman–Crippen LogP) is 2.54. The second kappa shape index (κ2) is 12.6. The quantitative estimate of drug-likeness (QED) is 0.255. The number of aliphatic hydroxyl groups is 1. The van der Waals surface area contributed by atoms with Gasteiger partial charge in [0.15, 0.2) is 11.9 Å². The van der Waals surface area contributed by atoms with Gasteiger partial charge in [-0.3, -0.25) is 23.7 Å². The number of alkyl halides is 1. The van der Waals surface area contributed by atoms with Gasteiger partial charge in [-0.1, -0.05) is 45.9 Å². The van der Waals surface area contributed by atoms with Gasteiger partial charge >= 0.3 is 19.4 Å². The summed E-state index contributed by atoms with van der Waals surface area (Å²) in [5, 5.41) is 13.3. The molecule has 3 rings (SSSR count). The van der Waals surface area contributed by atoms with Crippen molar-refractivity contribution >= 4 is 13.7 Å². The summed E-state index contributed by atoms with van der Waals surface area (Å²) in [6.07, 6.45) is -6.39. The summed E-state index contributed by atoms with van der Waals surface area (Å²) in [5.74, 6) is -0.970. The van der Waals surface area contributed by atoms with E-state index in [1.54, 1.807) is 37.0 Å². The van der Waals surface area contributed by atoms with Crippen LogP contribution in [0.2, 0.25) is 0 Å². The molecule has 2 heterocycles. The average Bonchev–Trinajstić information content (AvgIpc) is 3.12. The fraction of sp³-hybridized carbons (Fsp3) is 0.560. The molecule has 1 aliphatic heterocycles. The van der Waals surface area contributed by atoms with Gasteiger partial charge in [0.2, 0.25) is 0 Å². The molecule has 1 aromatic heterocycles. The number of hydrogen-bond acceptors (Lipinski definition) is 9. The van der Waals surface area contributed by atoms with Gasteiger partial charge in [-0.2, -0.15) is 5.09 Å². The Morgan fingerprint density at radius 3 is 2.59 bits per heavy atom. The summed E-state index contributed by atoms with van der Waals surface area (Å²) in [6.45, 7) is 7.35. The van der Waals surface area contributed by atoms with E-state index in [4.69, 9.17) is 21.3 Å². The van der Waals surface area contributed by atoms with Crippen LogP contribution in [0.5, 0.6) is 5.75 Å². The SMILES string of the molecule is [2H]c1c([2H])n([C@@H]2O[C@H](COP(=O)(NC(C(=O)OCC(C)C)C(C)C)Oc3ccccc3)[C@@H](O)[C@@]2(C)F)c(=O)[nH]c1=O. The Morgan fingerprint density at radius 1 is 1.31 bits per heavy atom. The number of nitrogens with one attached hydrogen (secondary N) is 2. The molecular weight excluding hydrogens is 536 g/mol. The molecule has 0 saturated carbocycles. The van der Waals surface area contributed by atoms with Crippen molar-refractivity contribution in [1.82, 2.24) is 14.6 Å². The number of ether oxygens (including phenoxy) is 2. The molecule has 1 fully saturated rings. The van der Waals surface area contributed by atoms with Crippen molar-refractivity contribution in [2.45, 2.75) is 64.8 Å². The van der Waals surface area contributed by atoms with Crippen molar-refractivity contribution in [3.8, 4) is 5.75 Å². The second-order valence-corrected chi connectivity index (χ2v) is 11.8. The highest BCUT2D eigenvalue weighted by atomic mass is 31.2. The van der Waals surface area contributed by atoms with E-state index in [0.29, 0.717) is 4.57 Å². The largest absolute Gasteiger partial charge is 0.464 e. The molecule has 216 valence electrons. The zero-order valence-corrected chi connectivity index (χ0v) is 23.1. The van der Waals surface area contributed by atoms with Crippen LogP contribution in [0.25, 0.3) is 0 Å². The van der Waals surface area contributed by atoms with Crippen molar-refractivity contribution in [2.75, 3.05) is 13.2 Å². The number of rotatable bonds is 12. The number of carbonyl (C=O) groups is 1. The lowest BCUT2D eigenvalue weighted by Crippen LogP contribution is -2.44. The van der Waals surface area contributed by atoms with E-state index in [9.17, 15) is 24.1 Å². The normalized spacial score (nSPS) is 26.1. The molecule has 12 nitrogen and oxygen atoms in total. The van der Waals surface area contributed by atoms with E-state index in [-0.39, 0.29) is 18.3 Å². The zero-order chi connectivity index (χ0) is 30.7.